The topological polar surface area (TPSA) is 76.5 Å². The van der Waals surface area contributed by atoms with Crippen molar-refractivity contribution < 1.29 is 19.1 Å². The van der Waals surface area contributed by atoms with Crippen LogP contribution in [0.5, 0.6) is 0 Å². The van der Waals surface area contributed by atoms with Crippen molar-refractivity contribution in [3.05, 3.63) is 0 Å². The minimum Gasteiger partial charge on any atom is -0.465 e. The van der Waals surface area contributed by atoms with Gasteiger partial charge in [0.1, 0.15) is 5.71 Å². The molecule has 0 aromatic carbocycles. The Morgan fingerprint density at radius 3 is 2.06 bits per heavy atom. The van der Waals surface area contributed by atoms with Crippen LogP contribution in [0, 0.1) is 5.41 Å². The summed E-state index contributed by atoms with van der Waals surface area (Å²) in [7, 11) is 0. The van der Waals surface area contributed by atoms with Gasteiger partial charge in [-0.15, -0.1) is 0 Å². The maximum absolute atomic E-state index is 11.2. The van der Waals surface area contributed by atoms with E-state index in [0.717, 1.165) is 25.7 Å². The van der Waals surface area contributed by atoms with E-state index in [1.165, 1.54) is 0 Å². The Morgan fingerprint density at radius 2 is 1.53 bits per heavy atom. The molecule has 0 aliphatic heterocycles. The molecule has 0 spiro atoms. The molecular weight excluding hydrogens is 222 g/mol. The van der Waals surface area contributed by atoms with Crippen molar-refractivity contribution in [2.24, 2.45) is 0 Å². The molecule has 98 valence electrons. The quantitative estimate of drug-likeness (QED) is 0.382. The second-order valence-electron chi connectivity index (χ2n) is 3.72. The van der Waals surface area contributed by atoms with Gasteiger partial charge < -0.3 is 9.47 Å². The number of carbonyl (C=O) groups excluding carboxylic acids is 2. The smallest absolute Gasteiger partial charge is 0.352 e. The molecule has 0 aliphatic carbocycles. The highest BCUT2D eigenvalue weighted by molar-refractivity contribution is 6.38. The van der Waals surface area contributed by atoms with Crippen LogP contribution in [0.2, 0.25) is 0 Å². The number of unbranched alkanes of at least 4 members (excludes halogenated alkanes) is 2. The predicted octanol–water partition coefficient (Wildman–Crippen LogP) is 2.08. The van der Waals surface area contributed by atoms with Gasteiger partial charge in [-0.05, 0) is 12.8 Å². The predicted molar refractivity (Wildman–Crippen MR) is 64.1 cm³/mol. The summed E-state index contributed by atoms with van der Waals surface area (Å²) in [6.07, 6.45) is 3.10. The molecule has 0 saturated carbocycles. The first kappa shape index (κ1) is 15.6. The largest absolute Gasteiger partial charge is 0.465 e. The minimum atomic E-state index is -0.731. The lowest BCUT2D eigenvalue weighted by Gasteiger charge is -2.05. The van der Waals surface area contributed by atoms with E-state index in [0.29, 0.717) is 13.2 Å². The second-order valence-corrected chi connectivity index (χ2v) is 3.72. The lowest BCUT2D eigenvalue weighted by Crippen LogP contribution is -2.21. The maximum atomic E-state index is 11.2. The molecule has 0 heterocycles. The third kappa shape index (κ3) is 8.42. The van der Waals surface area contributed by atoms with Crippen LogP contribution in [-0.2, 0) is 19.1 Å². The van der Waals surface area contributed by atoms with E-state index in [1.807, 2.05) is 13.8 Å². The van der Waals surface area contributed by atoms with Gasteiger partial charge in [-0.1, -0.05) is 26.7 Å². The highest BCUT2D eigenvalue weighted by Gasteiger charge is 2.15. The molecule has 17 heavy (non-hydrogen) atoms. The van der Waals surface area contributed by atoms with Gasteiger partial charge in [0.25, 0.3) is 0 Å². The SMILES string of the molecule is CCCCOC(=O)CC(=N)C(=O)OCCCC. The third-order valence-corrected chi connectivity index (χ3v) is 2.06. The molecule has 0 unspecified atom stereocenters. The fourth-order valence-electron chi connectivity index (χ4n) is 0.994. The van der Waals surface area contributed by atoms with Crippen LogP contribution in [0.15, 0.2) is 0 Å². The molecule has 0 aromatic heterocycles. The van der Waals surface area contributed by atoms with Crippen LogP contribution in [0.3, 0.4) is 0 Å². The Bertz CT molecular complexity index is 263. The van der Waals surface area contributed by atoms with Crippen molar-refractivity contribution in [1.29, 1.82) is 5.41 Å². The summed E-state index contributed by atoms with van der Waals surface area (Å²) in [5.74, 6) is -1.28. The summed E-state index contributed by atoms with van der Waals surface area (Å²) in [6.45, 7) is 4.60. The van der Waals surface area contributed by atoms with Crippen molar-refractivity contribution in [2.75, 3.05) is 13.2 Å². The van der Waals surface area contributed by atoms with Crippen molar-refractivity contribution >= 4 is 17.7 Å². The van der Waals surface area contributed by atoms with Crippen LogP contribution >= 0.6 is 0 Å². The number of rotatable bonds is 9. The van der Waals surface area contributed by atoms with E-state index in [-0.39, 0.29) is 12.1 Å². The van der Waals surface area contributed by atoms with Gasteiger partial charge in [-0.3, -0.25) is 10.2 Å². The summed E-state index contributed by atoms with van der Waals surface area (Å²) in [4.78, 5) is 22.4. The molecule has 5 nitrogen and oxygen atoms in total. The van der Waals surface area contributed by atoms with Crippen molar-refractivity contribution in [3.8, 4) is 0 Å². The zero-order valence-electron chi connectivity index (χ0n) is 10.6. The average Bonchev–Trinajstić information content (AvgIpc) is 2.29. The number of hydrogen-bond donors (Lipinski definition) is 1. The van der Waals surface area contributed by atoms with E-state index in [9.17, 15) is 9.59 Å². The number of hydrogen-bond acceptors (Lipinski definition) is 5. The summed E-state index contributed by atoms with van der Waals surface area (Å²) in [5.41, 5.74) is -0.345. The van der Waals surface area contributed by atoms with Crippen LogP contribution in [0.1, 0.15) is 46.0 Å². The van der Waals surface area contributed by atoms with Crippen molar-refractivity contribution in [1.82, 2.24) is 0 Å². The number of esters is 2. The Hall–Kier alpha value is -1.39. The fourth-order valence-corrected chi connectivity index (χ4v) is 0.994. The molecule has 0 aliphatic rings. The van der Waals surface area contributed by atoms with Gasteiger partial charge in [-0.25, -0.2) is 4.79 Å². The Morgan fingerprint density at radius 1 is 1.00 bits per heavy atom. The van der Waals surface area contributed by atoms with Gasteiger partial charge in [0.05, 0.1) is 19.6 Å². The first-order chi connectivity index (χ1) is 8.11. The van der Waals surface area contributed by atoms with Crippen molar-refractivity contribution in [2.45, 2.75) is 46.0 Å². The van der Waals surface area contributed by atoms with Gasteiger partial charge in [-0.2, -0.15) is 0 Å². The number of nitrogens with one attached hydrogen (secondary N) is 1. The fraction of sp³-hybridized carbons (Fsp3) is 0.750. The summed E-state index contributed by atoms with van der Waals surface area (Å²) in [5, 5.41) is 7.37. The van der Waals surface area contributed by atoms with E-state index in [4.69, 9.17) is 14.9 Å². The molecule has 0 atom stereocenters. The van der Waals surface area contributed by atoms with Gasteiger partial charge >= 0.3 is 11.9 Å². The van der Waals surface area contributed by atoms with E-state index >= 15 is 0 Å². The van der Waals surface area contributed by atoms with Gasteiger partial charge in [0.2, 0.25) is 0 Å². The lowest BCUT2D eigenvalue weighted by molar-refractivity contribution is -0.144. The molecular formula is C12H21NO4. The molecule has 0 radical (unpaired) electrons. The molecule has 5 heteroatoms. The first-order valence-corrected chi connectivity index (χ1v) is 6.02. The first-order valence-electron chi connectivity index (χ1n) is 6.02. The Labute approximate surface area is 102 Å². The molecule has 0 aromatic rings. The molecule has 0 rings (SSSR count). The zero-order chi connectivity index (χ0) is 13.1. The molecule has 0 saturated heterocycles. The van der Waals surface area contributed by atoms with Crippen LogP contribution < -0.4 is 0 Å². The third-order valence-electron chi connectivity index (χ3n) is 2.06. The monoisotopic (exact) mass is 243 g/mol. The number of carbonyl (C=O) groups is 2. The Kier molecular flexibility index (Phi) is 9.01. The van der Waals surface area contributed by atoms with Gasteiger partial charge in [0.15, 0.2) is 0 Å². The van der Waals surface area contributed by atoms with Crippen LogP contribution in [0.4, 0.5) is 0 Å². The molecule has 0 bridgehead atoms. The number of ether oxygens (including phenoxy) is 2. The average molecular weight is 243 g/mol. The van der Waals surface area contributed by atoms with Crippen LogP contribution in [-0.4, -0.2) is 30.9 Å². The Balaban J connectivity index is 3.75. The van der Waals surface area contributed by atoms with Gasteiger partial charge in [0, 0.05) is 0 Å². The highest BCUT2D eigenvalue weighted by atomic mass is 16.5. The van der Waals surface area contributed by atoms with E-state index < -0.39 is 11.9 Å². The molecule has 0 fully saturated rings. The second kappa shape index (κ2) is 9.81. The standard InChI is InChI=1S/C12H21NO4/c1-3-5-7-16-11(14)9-10(13)12(15)17-8-6-4-2/h13H,3-9H2,1-2H3. The summed E-state index contributed by atoms with van der Waals surface area (Å²) < 4.78 is 9.64. The maximum Gasteiger partial charge on any atom is 0.352 e. The van der Waals surface area contributed by atoms with Crippen LogP contribution in [0.25, 0.3) is 0 Å². The van der Waals surface area contributed by atoms with E-state index in [2.05, 4.69) is 0 Å². The normalized spacial score (nSPS) is 9.76. The molecule has 1 N–H and O–H groups in total. The van der Waals surface area contributed by atoms with E-state index in [1.54, 1.807) is 0 Å². The summed E-state index contributed by atoms with van der Waals surface area (Å²) >= 11 is 0. The summed E-state index contributed by atoms with van der Waals surface area (Å²) in [6, 6.07) is 0. The lowest BCUT2D eigenvalue weighted by atomic mass is 10.2. The minimum absolute atomic E-state index is 0.294. The van der Waals surface area contributed by atoms with Crippen molar-refractivity contribution in [3.63, 3.8) is 0 Å². The zero-order valence-corrected chi connectivity index (χ0v) is 10.6. The molecule has 0 amide bonds. The highest BCUT2D eigenvalue weighted by Crippen LogP contribution is 1.96.